The zero-order chi connectivity index (χ0) is 14.1. The fraction of sp³-hybridized carbons (Fsp3) is 0.467. The van der Waals surface area contributed by atoms with Gasteiger partial charge >= 0.3 is 0 Å². The first-order valence-electron chi connectivity index (χ1n) is 6.96. The van der Waals surface area contributed by atoms with Gasteiger partial charge in [0.05, 0.1) is 4.91 Å². The third-order valence-electron chi connectivity index (χ3n) is 3.70. The topological polar surface area (TPSA) is 45.8 Å². The van der Waals surface area contributed by atoms with Crippen molar-refractivity contribution >= 4 is 28.9 Å². The first kappa shape index (κ1) is 13.5. The molecule has 20 heavy (non-hydrogen) atoms. The Hall–Kier alpha value is -1.49. The number of thioether (sulfide) groups is 1. The van der Waals surface area contributed by atoms with E-state index in [1.54, 1.807) is 6.08 Å². The molecule has 0 spiro atoms. The lowest BCUT2D eigenvalue weighted by molar-refractivity contribution is -0.113. The average Bonchev–Trinajstić information content (AvgIpc) is 2.98. The molecule has 1 aromatic heterocycles. The molecule has 0 aliphatic carbocycles. The number of likely N-dealkylation sites (tertiary alicyclic amines) is 1. The maximum atomic E-state index is 12.0. The number of carbonyl (C=O) groups is 1. The Morgan fingerprint density at radius 1 is 1.40 bits per heavy atom. The smallest absolute Gasteiger partial charge is 0.286 e. The molecule has 1 amide bonds. The molecule has 1 aromatic rings. The third kappa shape index (κ3) is 2.82. The molecule has 3 rings (SSSR count). The number of piperidine rings is 1. The van der Waals surface area contributed by atoms with Gasteiger partial charge in [-0.05, 0) is 49.6 Å². The molecule has 0 saturated carbocycles. The second-order valence-corrected chi connectivity index (χ2v) is 6.44. The minimum Gasteiger partial charge on any atom is -0.462 e. The molecule has 0 radical (unpaired) electrons. The maximum Gasteiger partial charge on any atom is 0.286 e. The molecule has 0 atom stereocenters. The van der Waals surface area contributed by atoms with E-state index in [1.807, 2.05) is 19.1 Å². The van der Waals surface area contributed by atoms with Crippen molar-refractivity contribution in [2.75, 3.05) is 13.1 Å². The lowest BCUT2D eigenvalue weighted by Gasteiger charge is -2.30. The van der Waals surface area contributed by atoms with E-state index < -0.39 is 0 Å². The van der Waals surface area contributed by atoms with E-state index in [4.69, 9.17) is 4.42 Å². The molecule has 2 aliphatic rings. The highest BCUT2D eigenvalue weighted by molar-refractivity contribution is 8.18. The van der Waals surface area contributed by atoms with Crippen LogP contribution in [0.2, 0.25) is 0 Å². The van der Waals surface area contributed by atoms with Crippen LogP contribution in [0.25, 0.3) is 6.08 Å². The van der Waals surface area contributed by atoms with Gasteiger partial charge in [-0.1, -0.05) is 6.92 Å². The number of aryl methyl sites for hydroxylation is 1. The summed E-state index contributed by atoms with van der Waals surface area (Å²) in [5.74, 6) is 2.17. The number of carbonyl (C=O) groups excluding carboxylic acids is 1. The number of aliphatic imine (C=N–C) groups is 1. The normalized spacial score (nSPS) is 22.7. The standard InChI is InChI=1S/C15H18N2O2S/c1-10-5-7-17(8-6-10)15-16-14(18)13(20-15)9-12-4-3-11(2)19-12/h3-4,9-10H,5-8H2,1-2H3/b13-9-. The second-order valence-electron chi connectivity index (χ2n) is 5.43. The van der Waals surface area contributed by atoms with Gasteiger partial charge in [-0.25, -0.2) is 0 Å². The van der Waals surface area contributed by atoms with E-state index in [0.29, 0.717) is 10.7 Å². The number of rotatable bonds is 1. The van der Waals surface area contributed by atoms with Crippen LogP contribution in [0, 0.1) is 12.8 Å². The van der Waals surface area contributed by atoms with Crippen LogP contribution in [-0.4, -0.2) is 29.1 Å². The van der Waals surface area contributed by atoms with E-state index in [0.717, 1.165) is 29.9 Å². The highest BCUT2D eigenvalue weighted by Crippen LogP contribution is 2.32. The Balaban J connectivity index is 1.71. The lowest BCUT2D eigenvalue weighted by Crippen LogP contribution is -2.35. The summed E-state index contributed by atoms with van der Waals surface area (Å²) in [6, 6.07) is 3.76. The van der Waals surface area contributed by atoms with Crippen LogP contribution in [0.1, 0.15) is 31.3 Å². The largest absolute Gasteiger partial charge is 0.462 e. The Labute approximate surface area is 122 Å². The molecular formula is C15H18N2O2S. The van der Waals surface area contributed by atoms with E-state index in [2.05, 4.69) is 16.8 Å². The van der Waals surface area contributed by atoms with Crippen LogP contribution >= 0.6 is 11.8 Å². The van der Waals surface area contributed by atoms with Crippen molar-refractivity contribution in [1.82, 2.24) is 4.90 Å². The summed E-state index contributed by atoms with van der Waals surface area (Å²) < 4.78 is 5.48. The Morgan fingerprint density at radius 3 is 2.80 bits per heavy atom. The quantitative estimate of drug-likeness (QED) is 0.745. The number of amidine groups is 1. The van der Waals surface area contributed by atoms with Gasteiger partial charge in [-0.15, -0.1) is 0 Å². The van der Waals surface area contributed by atoms with E-state index >= 15 is 0 Å². The third-order valence-corrected chi connectivity index (χ3v) is 4.74. The highest BCUT2D eigenvalue weighted by atomic mass is 32.2. The van der Waals surface area contributed by atoms with Crippen molar-refractivity contribution in [3.63, 3.8) is 0 Å². The lowest BCUT2D eigenvalue weighted by atomic mass is 10.00. The number of hydrogen-bond donors (Lipinski definition) is 0. The maximum absolute atomic E-state index is 12.0. The summed E-state index contributed by atoms with van der Waals surface area (Å²) >= 11 is 1.46. The molecular weight excluding hydrogens is 272 g/mol. The van der Waals surface area contributed by atoms with Crippen LogP contribution in [0.4, 0.5) is 0 Å². The van der Waals surface area contributed by atoms with Crippen molar-refractivity contribution in [2.45, 2.75) is 26.7 Å². The van der Waals surface area contributed by atoms with Gasteiger partial charge in [-0.2, -0.15) is 4.99 Å². The van der Waals surface area contributed by atoms with Crippen LogP contribution in [0.5, 0.6) is 0 Å². The molecule has 1 fully saturated rings. The fourth-order valence-corrected chi connectivity index (χ4v) is 3.34. The molecule has 4 nitrogen and oxygen atoms in total. The molecule has 3 heterocycles. The summed E-state index contributed by atoms with van der Waals surface area (Å²) in [4.78, 5) is 19.0. The predicted octanol–water partition coefficient (Wildman–Crippen LogP) is 3.29. The van der Waals surface area contributed by atoms with E-state index in [9.17, 15) is 4.79 Å². The first-order chi connectivity index (χ1) is 9.61. The Kier molecular flexibility index (Phi) is 3.70. The molecule has 0 bridgehead atoms. The van der Waals surface area contributed by atoms with Gasteiger partial charge in [-0.3, -0.25) is 4.79 Å². The molecule has 5 heteroatoms. The van der Waals surface area contributed by atoms with E-state index in [1.165, 1.54) is 24.6 Å². The predicted molar refractivity (Wildman–Crippen MR) is 81.4 cm³/mol. The van der Waals surface area contributed by atoms with Crippen molar-refractivity contribution < 1.29 is 9.21 Å². The Bertz CT molecular complexity index is 580. The number of amides is 1. The highest BCUT2D eigenvalue weighted by Gasteiger charge is 2.28. The zero-order valence-electron chi connectivity index (χ0n) is 11.8. The number of nitrogens with zero attached hydrogens (tertiary/aromatic N) is 2. The van der Waals surface area contributed by atoms with Gasteiger partial charge in [0.1, 0.15) is 11.5 Å². The van der Waals surface area contributed by atoms with Crippen LogP contribution in [0.3, 0.4) is 0 Å². The summed E-state index contributed by atoms with van der Waals surface area (Å²) in [5, 5.41) is 0.844. The molecule has 106 valence electrons. The summed E-state index contributed by atoms with van der Waals surface area (Å²) in [6.07, 6.45) is 4.12. The SMILES string of the molecule is Cc1ccc(/C=C2\SC(N3CCC(C)CC3)=NC2=O)o1. The van der Waals surface area contributed by atoms with Crippen LogP contribution in [0.15, 0.2) is 26.4 Å². The van der Waals surface area contributed by atoms with Crippen LogP contribution < -0.4 is 0 Å². The molecule has 0 N–H and O–H groups in total. The Morgan fingerprint density at radius 2 is 2.15 bits per heavy atom. The van der Waals surface area contributed by atoms with Crippen molar-refractivity contribution in [3.8, 4) is 0 Å². The molecule has 1 saturated heterocycles. The summed E-state index contributed by atoms with van der Waals surface area (Å²) in [6.45, 7) is 6.15. The second kappa shape index (κ2) is 5.48. The number of hydrogen-bond acceptors (Lipinski definition) is 4. The fourth-order valence-electron chi connectivity index (χ4n) is 2.39. The summed E-state index contributed by atoms with van der Waals surface area (Å²) in [7, 11) is 0. The minimum absolute atomic E-state index is 0.155. The van der Waals surface area contributed by atoms with Crippen molar-refractivity contribution in [1.29, 1.82) is 0 Å². The van der Waals surface area contributed by atoms with Crippen molar-refractivity contribution in [3.05, 3.63) is 28.6 Å². The van der Waals surface area contributed by atoms with Gasteiger partial charge in [0.2, 0.25) is 0 Å². The monoisotopic (exact) mass is 290 g/mol. The van der Waals surface area contributed by atoms with Gasteiger partial charge in [0.15, 0.2) is 5.17 Å². The van der Waals surface area contributed by atoms with Gasteiger partial charge < -0.3 is 9.32 Å². The average molecular weight is 290 g/mol. The molecule has 0 unspecified atom stereocenters. The van der Waals surface area contributed by atoms with E-state index in [-0.39, 0.29) is 5.91 Å². The van der Waals surface area contributed by atoms with Crippen LogP contribution in [-0.2, 0) is 4.79 Å². The molecule has 0 aromatic carbocycles. The van der Waals surface area contributed by atoms with Gasteiger partial charge in [0, 0.05) is 19.2 Å². The van der Waals surface area contributed by atoms with Crippen molar-refractivity contribution in [2.24, 2.45) is 10.9 Å². The number of furan rings is 1. The first-order valence-corrected chi connectivity index (χ1v) is 7.77. The van der Waals surface area contributed by atoms with Gasteiger partial charge in [0.25, 0.3) is 5.91 Å². The minimum atomic E-state index is -0.155. The zero-order valence-corrected chi connectivity index (χ0v) is 12.6. The summed E-state index contributed by atoms with van der Waals surface area (Å²) in [5.41, 5.74) is 0. The molecule has 2 aliphatic heterocycles.